The normalized spacial score (nSPS) is 12.7. The zero-order valence-electron chi connectivity index (χ0n) is 5.13. The molecular weight excluding hydrogens is 127 g/mol. The molecule has 0 rings (SSSR count). The van der Waals surface area contributed by atoms with Crippen molar-refractivity contribution in [2.75, 3.05) is 0 Å². The van der Waals surface area contributed by atoms with Crippen molar-refractivity contribution in [3.05, 3.63) is 0 Å². The summed E-state index contributed by atoms with van der Waals surface area (Å²) in [4.78, 5) is 9.62. The lowest BCUT2D eigenvalue weighted by Crippen LogP contribution is -2.10. The molecule has 0 spiro atoms. The van der Waals surface area contributed by atoms with Crippen molar-refractivity contribution in [1.29, 1.82) is 0 Å². The van der Waals surface area contributed by atoms with E-state index in [9.17, 15) is 9.18 Å². The fraction of sp³-hybridized carbons (Fsp3) is 0.800. The average molecular weight is 136 g/mol. The molecule has 0 bridgehead atoms. The molecule has 0 radical (unpaired) electrons. The van der Waals surface area contributed by atoms with Crippen LogP contribution >= 0.6 is 0 Å². The second kappa shape index (κ2) is 4.12. The number of hydrogen-bond acceptors (Lipinski definition) is 2. The van der Waals surface area contributed by atoms with E-state index in [0.717, 1.165) is 0 Å². The fourth-order valence-electron chi connectivity index (χ4n) is 0.395. The van der Waals surface area contributed by atoms with Crippen LogP contribution in [0.2, 0.25) is 0 Å². The summed E-state index contributed by atoms with van der Waals surface area (Å²) < 4.78 is 15.8. The predicted molar refractivity (Wildman–Crippen MR) is 28.9 cm³/mol. The molecule has 0 saturated heterocycles. The quantitative estimate of drug-likeness (QED) is 0.601. The van der Waals surface area contributed by atoms with Crippen molar-refractivity contribution < 1.29 is 19.0 Å². The first-order valence-corrected chi connectivity index (χ1v) is 2.70. The topological polar surface area (TPSA) is 46.5 Å². The van der Waals surface area contributed by atoms with Gasteiger partial charge in [0.2, 0.25) is 6.36 Å². The zero-order valence-corrected chi connectivity index (χ0v) is 5.13. The molecule has 54 valence electrons. The maximum absolute atomic E-state index is 12.1. The van der Waals surface area contributed by atoms with Gasteiger partial charge in [0.1, 0.15) is 0 Å². The molecule has 0 aliphatic heterocycles. The van der Waals surface area contributed by atoms with Gasteiger partial charge >= 0.3 is 6.16 Å². The number of rotatable bonds is 3. The minimum Gasteiger partial charge on any atom is -0.450 e. The summed E-state index contributed by atoms with van der Waals surface area (Å²) in [5.41, 5.74) is 0. The van der Waals surface area contributed by atoms with Crippen LogP contribution in [0.25, 0.3) is 0 Å². The molecule has 4 heteroatoms. The highest BCUT2D eigenvalue weighted by Gasteiger charge is 2.08. The molecule has 0 heterocycles. The van der Waals surface area contributed by atoms with Gasteiger partial charge in [-0.15, -0.1) is 0 Å². The SMILES string of the molecule is CCCC(F)OC(=O)O. The van der Waals surface area contributed by atoms with E-state index in [-0.39, 0.29) is 6.42 Å². The van der Waals surface area contributed by atoms with Crippen LogP contribution in [0.15, 0.2) is 0 Å². The van der Waals surface area contributed by atoms with Crippen LogP contribution in [-0.4, -0.2) is 17.6 Å². The minimum atomic E-state index is -1.66. The van der Waals surface area contributed by atoms with Crippen LogP contribution in [0.5, 0.6) is 0 Å². The lowest BCUT2D eigenvalue weighted by molar-refractivity contribution is -0.0191. The lowest BCUT2D eigenvalue weighted by atomic mass is 10.3. The number of carboxylic acid groups (broad SMARTS) is 1. The smallest absolute Gasteiger partial charge is 0.450 e. The molecule has 0 aromatic heterocycles. The molecular formula is C5H9FO3. The van der Waals surface area contributed by atoms with Crippen LogP contribution in [0.3, 0.4) is 0 Å². The second-order valence-corrected chi connectivity index (χ2v) is 1.58. The van der Waals surface area contributed by atoms with Crippen LogP contribution in [0, 0.1) is 0 Å². The first-order chi connectivity index (χ1) is 4.16. The van der Waals surface area contributed by atoms with Gasteiger partial charge < -0.3 is 9.84 Å². The standard InChI is InChI=1S/C5H9FO3/c1-2-3-4(6)9-5(7)8/h4H,2-3H2,1H3,(H,7,8). The van der Waals surface area contributed by atoms with E-state index in [1.54, 1.807) is 6.92 Å². The third-order valence-electron chi connectivity index (χ3n) is 0.744. The Morgan fingerprint density at radius 1 is 1.89 bits per heavy atom. The van der Waals surface area contributed by atoms with Crippen molar-refractivity contribution in [3.8, 4) is 0 Å². The highest BCUT2D eigenvalue weighted by atomic mass is 19.1. The third-order valence-corrected chi connectivity index (χ3v) is 0.744. The van der Waals surface area contributed by atoms with Crippen molar-refractivity contribution in [1.82, 2.24) is 0 Å². The summed E-state index contributed by atoms with van der Waals surface area (Å²) in [6.45, 7) is 1.75. The second-order valence-electron chi connectivity index (χ2n) is 1.58. The Balaban J connectivity index is 3.26. The van der Waals surface area contributed by atoms with E-state index in [4.69, 9.17) is 5.11 Å². The fourth-order valence-corrected chi connectivity index (χ4v) is 0.395. The molecule has 3 nitrogen and oxygen atoms in total. The molecule has 9 heavy (non-hydrogen) atoms. The number of carbonyl (C=O) groups is 1. The Labute approximate surface area is 52.4 Å². The van der Waals surface area contributed by atoms with E-state index in [0.29, 0.717) is 6.42 Å². The van der Waals surface area contributed by atoms with Crippen LogP contribution in [0.4, 0.5) is 9.18 Å². The first kappa shape index (κ1) is 8.20. The van der Waals surface area contributed by atoms with Crippen LogP contribution in [0.1, 0.15) is 19.8 Å². The van der Waals surface area contributed by atoms with Crippen molar-refractivity contribution >= 4 is 6.16 Å². The number of halogens is 1. The molecule has 0 aliphatic rings. The Hall–Kier alpha value is -0.800. The van der Waals surface area contributed by atoms with Crippen LogP contribution in [-0.2, 0) is 4.74 Å². The molecule has 0 aromatic carbocycles. The third kappa shape index (κ3) is 5.06. The first-order valence-electron chi connectivity index (χ1n) is 2.70. The Morgan fingerprint density at radius 2 is 2.44 bits per heavy atom. The van der Waals surface area contributed by atoms with Gasteiger partial charge in [-0.1, -0.05) is 6.92 Å². The molecule has 0 aromatic rings. The van der Waals surface area contributed by atoms with E-state index in [2.05, 4.69) is 4.74 Å². The van der Waals surface area contributed by atoms with Crippen LogP contribution < -0.4 is 0 Å². The monoisotopic (exact) mass is 136 g/mol. The minimum absolute atomic E-state index is 0.131. The van der Waals surface area contributed by atoms with Crippen molar-refractivity contribution in [2.24, 2.45) is 0 Å². The van der Waals surface area contributed by atoms with Crippen molar-refractivity contribution in [2.45, 2.75) is 26.1 Å². The van der Waals surface area contributed by atoms with Gasteiger partial charge in [-0.3, -0.25) is 0 Å². The highest BCUT2D eigenvalue weighted by molar-refractivity contribution is 5.56. The molecule has 0 fully saturated rings. The van der Waals surface area contributed by atoms with Gasteiger partial charge in [-0.2, -0.15) is 0 Å². The molecule has 0 aliphatic carbocycles. The Bertz CT molecular complexity index is 94.2. The van der Waals surface area contributed by atoms with E-state index >= 15 is 0 Å². The molecule has 0 saturated carbocycles. The summed E-state index contributed by atoms with van der Waals surface area (Å²) in [6.07, 6.45) is -2.51. The highest BCUT2D eigenvalue weighted by Crippen LogP contribution is 2.02. The summed E-state index contributed by atoms with van der Waals surface area (Å²) in [7, 11) is 0. The predicted octanol–water partition coefficient (Wildman–Crippen LogP) is 1.78. The van der Waals surface area contributed by atoms with E-state index in [1.165, 1.54) is 0 Å². The molecule has 1 atom stereocenters. The molecule has 1 N–H and O–H groups in total. The van der Waals surface area contributed by atoms with Crippen molar-refractivity contribution in [3.63, 3.8) is 0 Å². The summed E-state index contributed by atoms with van der Waals surface area (Å²) >= 11 is 0. The summed E-state index contributed by atoms with van der Waals surface area (Å²) in [6, 6.07) is 0. The van der Waals surface area contributed by atoms with Gasteiger partial charge in [-0.05, 0) is 6.42 Å². The molecule has 1 unspecified atom stereocenters. The van der Waals surface area contributed by atoms with Gasteiger partial charge in [0.05, 0.1) is 0 Å². The lowest BCUT2D eigenvalue weighted by Gasteiger charge is -2.03. The maximum atomic E-state index is 12.1. The summed E-state index contributed by atoms with van der Waals surface area (Å²) in [5.74, 6) is 0. The summed E-state index contributed by atoms with van der Waals surface area (Å²) in [5, 5.41) is 7.85. The Kier molecular flexibility index (Phi) is 3.75. The van der Waals surface area contributed by atoms with Gasteiger partial charge in [0.15, 0.2) is 0 Å². The average Bonchev–Trinajstić information content (AvgIpc) is 1.63. The Morgan fingerprint density at radius 3 is 2.78 bits per heavy atom. The van der Waals surface area contributed by atoms with Gasteiger partial charge in [-0.25, -0.2) is 9.18 Å². The van der Waals surface area contributed by atoms with Gasteiger partial charge in [0.25, 0.3) is 0 Å². The van der Waals surface area contributed by atoms with Gasteiger partial charge in [0, 0.05) is 6.42 Å². The largest absolute Gasteiger partial charge is 0.508 e. The van der Waals surface area contributed by atoms with E-state index < -0.39 is 12.5 Å². The van der Waals surface area contributed by atoms with E-state index in [1.807, 2.05) is 0 Å². The number of hydrogen-bond donors (Lipinski definition) is 1. The zero-order chi connectivity index (χ0) is 7.28. The number of alkyl halides is 1. The maximum Gasteiger partial charge on any atom is 0.508 e. The number of ether oxygens (including phenoxy) is 1. The molecule has 0 amide bonds.